The van der Waals surface area contributed by atoms with Gasteiger partial charge in [0.25, 0.3) is 0 Å². The quantitative estimate of drug-likeness (QED) is 0.0887. The first-order chi connectivity index (χ1) is 20.6. The molecule has 0 saturated heterocycles. The lowest BCUT2D eigenvalue weighted by Crippen LogP contribution is -2.34. The molecule has 4 nitrogen and oxygen atoms in total. The van der Waals surface area contributed by atoms with Gasteiger partial charge < -0.3 is 18.0 Å². The van der Waals surface area contributed by atoms with E-state index in [9.17, 15) is 0 Å². The van der Waals surface area contributed by atoms with E-state index in [0.29, 0.717) is 42.3 Å². The summed E-state index contributed by atoms with van der Waals surface area (Å²) in [5.41, 5.74) is 1.19. The van der Waals surface area contributed by atoms with Gasteiger partial charge in [0.15, 0.2) is 0 Å². The van der Waals surface area contributed by atoms with E-state index in [0.717, 1.165) is 50.4 Å². The largest absolute Gasteiger partial charge is 0.497 e. The molecule has 2 unspecified atom stereocenters. The SMILES string of the molecule is COc1ccc(COCCCC/C=C\CC2CC(O[C@@H]3C[C@H](C)CC[C@H]3C(C)C)=CC2[O][Al]([CH2]C(C)C)[CH2]C(C)C)cc1. The smallest absolute Gasteiger partial charge is 0.461 e. The molecule has 0 radical (unpaired) electrons. The van der Waals surface area contributed by atoms with Crippen molar-refractivity contribution < 1.29 is 18.0 Å². The van der Waals surface area contributed by atoms with Gasteiger partial charge in [0.2, 0.25) is 0 Å². The molecular formula is C38H63AlO4. The zero-order valence-corrected chi connectivity index (χ0v) is 30.0. The van der Waals surface area contributed by atoms with E-state index in [1.54, 1.807) is 7.11 Å². The lowest BCUT2D eigenvalue weighted by molar-refractivity contribution is -0.00431. The summed E-state index contributed by atoms with van der Waals surface area (Å²) in [6, 6.07) is 8.12. The van der Waals surface area contributed by atoms with E-state index in [1.807, 2.05) is 12.1 Å². The number of methoxy groups -OCH3 is 1. The average molecular weight is 611 g/mol. The molecule has 0 spiro atoms. The second kappa shape index (κ2) is 19.3. The first kappa shape index (κ1) is 36.2. The van der Waals surface area contributed by atoms with Crippen molar-refractivity contribution in [3.8, 4) is 5.75 Å². The molecule has 1 saturated carbocycles. The highest BCUT2D eigenvalue weighted by molar-refractivity contribution is 6.52. The van der Waals surface area contributed by atoms with Crippen LogP contribution in [-0.2, 0) is 19.9 Å². The second-order valence-electron chi connectivity index (χ2n) is 14.7. The van der Waals surface area contributed by atoms with Gasteiger partial charge in [0.1, 0.15) is 11.9 Å². The summed E-state index contributed by atoms with van der Waals surface area (Å²) in [4.78, 5) is 0. The maximum Gasteiger partial charge on any atom is 0.461 e. The minimum atomic E-state index is -1.29. The molecule has 5 heteroatoms. The van der Waals surface area contributed by atoms with Crippen LogP contribution in [-0.4, -0.2) is 40.4 Å². The lowest BCUT2D eigenvalue weighted by atomic mass is 9.75. The molecular weight excluding hydrogens is 547 g/mol. The number of hydrogen-bond acceptors (Lipinski definition) is 4. The van der Waals surface area contributed by atoms with Crippen LogP contribution in [0.5, 0.6) is 5.75 Å². The van der Waals surface area contributed by atoms with Crippen LogP contribution in [0.1, 0.15) is 105 Å². The monoisotopic (exact) mass is 610 g/mol. The van der Waals surface area contributed by atoms with E-state index in [2.05, 4.69) is 78.8 Å². The van der Waals surface area contributed by atoms with Gasteiger partial charge in [-0.3, -0.25) is 0 Å². The van der Waals surface area contributed by atoms with Crippen molar-refractivity contribution in [3.05, 3.63) is 53.8 Å². The van der Waals surface area contributed by atoms with Crippen LogP contribution in [0.2, 0.25) is 10.6 Å². The van der Waals surface area contributed by atoms with Gasteiger partial charge in [0.05, 0.1) is 25.6 Å². The van der Waals surface area contributed by atoms with Crippen molar-refractivity contribution in [2.45, 2.75) is 129 Å². The number of rotatable bonds is 19. The van der Waals surface area contributed by atoms with Crippen LogP contribution in [0, 0.1) is 35.5 Å². The molecule has 1 aromatic rings. The molecule has 2 aliphatic rings. The van der Waals surface area contributed by atoms with Gasteiger partial charge in [-0.25, -0.2) is 0 Å². The van der Waals surface area contributed by atoms with Crippen molar-refractivity contribution in [2.24, 2.45) is 35.5 Å². The Balaban J connectivity index is 1.50. The Labute approximate surface area is 269 Å². The number of unbranched alkanes of at least 4 members (excludes halogenated alkanes) is 2. The fraction of sp³-hybridized carbons (Fsp3) is 0.737. The second-order valence-corrected chi connectivity index (χ2v) is 17.1. The third kappa shape index (κ3) is 13.3. The first-order valence-electron chi connectivity index (χ1n) is 17.5. The fourth-order valence-corrected chi connectivity index (χ4v) is 10.2. The van der Waals surface area contributed by atoms with Gasteiger partial charge >= 0.3 is 14.5 Å². The lowest BCUT2D eigenvalue weighted by Gasteiger charge is -2.37. The molecule has 5 atom stereocenters. The minimum Gasteiger partial charge on any atom is -0.497 e. The van der Waals surface area contributed by atoms with Gasteiger partial charge in [-0.05, 0) is 86.0 Å². The highest BCUT2D eigenvalue weighted by Gasteiger charge is 2.37. The number of hydrogen-bond donors (Lipinski definition) is 0. The summed E-state index contributed by atoms with van der Waals surface area (Å²) in [5.74, 6) is 6.09. The Kier molecular flexibility index (Phi) is 16.3. The predicted molar refractivity (Wildman–Crippen MR) is 183 cm³/mol. The standard InChI is InChI=1S/C30H45O4.2C4H9.Al/c1-22(2)28-16-11-23(3)18-30(28)34-27-19-25(29(31)20-27)10-8-6-5-7-9-17-33-21-24-12-14-26(32-4)15-13-24;2*1-4(2)3;/h6,8,12-15,20,22-23,25,28-30H,5,7,9-11,16-19,21H2,1-4H3;2*4H,1H2,2-3H3;/q-1;;;+1/b8-6-;;;/t23-,25?,28+,29?,30-;;;/m1.../s1. The molecule has 0 aliphatic heterocycles. The van der Waals surface area contributed by atoms with E-state index in [-0.39, 0.29) is 6.10 Å². The molecule has 3 rings (SSSR count). The normalized spacial score (nSPS) is 24.3. The third-order valence-electron chi connectivity index (χ3n) is 9.30. The van der Waals surface area contributed by atoms with Crippen LogP contribution in [0.4, 0.5) is 0 Å². The zero-order chi connectivity index (χ0) is 31.2. The predicted octanol–water partition coefficient (Wildman–Crippen LogP) is 10.4. The summed E-state index contributed by atoms with van der Waals surface area (Å²) >= 11 is -1.29. The summed E-state index contributed by atoms with van der Waals surface area (Å²) < 4.78 is 25.1. The van der Waals surface area contributed by atoms with Gasteiger partial charge in [-0.1, -0.05) is 102 Å². The maximum atomic E-state index is 7.06. The molecule has 242 valence electrons. The van der Waals surface area contributed by atoms with Crippen LogP contribution >= 0.6 is 0 Å². The Morgan fingerprint density at radius 2 is 1.65 bits per heavy atom. The Morgan fingerprint density at radius 3 is 2.30 bits per heavy atom. The summed E-state index contributed by atoms with van der Waals surface area (Å²) in [5, 5.41) is 2.52. The minimum absolute atomic E-state index is 0.207. The van der Waals surface area contributed by atoms with Crippen molar-refractivity contribution in [2.75, 3.05) is 13.7 Å². The summed E-state index contributed by atoms with van der Waals surface area (Å²) in [6.07, 6.45) is 17.0. The van der Waals surface area contributed by atoms with E-state index >= 15 is 0 Å². The highest BCUT2D eigenvalue weighted by Crippen LogP contribution is 2.40. The Bertz CT molecular complexity index is 943. The fourth-order valence-electron chi connectivity index (χ4n) is 6.91. The van der Waals surface area contributed by atoms with Crippen molar-refractivity contribution >= 4 is 14.5 Å². The Morgan fingerprint density at radius 1 is 0.930 bits per heavy atom. The van der Waals surface area contributed by atoms with Gasteiger partial charge in [-0.2, -0.15) is 0 Å². The molecule has 2 aliphatic carbocycles. The molecule has 43 heavy (non-hydrogen) atoms. The van der Waals surface area contributed by atoms with Crippen molar-refractivity contribution in [3.63, 3.8) is 0 Å². The van der Waals surface area contributed by atoms with Crippen LogP contribution in [0.15, 0.2) is 48.3 Å². The van der Waals surface area contributed by atoms with E-state index in [4.69, 9.17) is 18.0 Å². The highest BCUT2D eigenvalue weighted by atomic mass is 27.2. The third-order valence-corrected chi connectivity index (χ3v) is 12.9. The molecule has 0 heterocycles. The molecule has 0 N–H and O–H groups in total. The van der Waals surface area contributed by atoms with Crippen LogP contribution in [0.3, 0.4) is 0 Å². The average Bonchev–Trinajstić information content (AvgIpc) is 3.31. The van der Waals surface area contributed by atoms with Gasteiger partial charge in [-0.15, -0.1) is 0 Å². The van der Waals surface area contributed by atoms with E-state index in [1.165, 1.54) is 41.2 Å². The van der Waals surface area contributed by atoms with E-state index < -0.39 is 14.5 Å². The van der Waals surface area contributed by atoms with Gasteiger partial charge in [0, 0.05) is 13.0 Å². The van der Waals surface area contributed by atoms with Crippen LogP contribution < -0.4 is 4.74 Å². The van der Waals surface area contributed by atoms with Crippen molar-refractivity contribution in [1.82, 2.24) is 0 Å². The van der Waals surface area contributed by atoms with Crippen molar-refractivity contribution in [1.29, 1.82) is 0 Å². The molecule has 0 bridgehead atoms. The first-order valence-corrected chi connectivity index (χ1v) is 19.6. The molecule has 1 aromatic carbocycles. The molecule has 0 amide bonds. The summed E-state index contributed by atoms with van der Waals surface area (Å²) in [6.45, 7) is 18.0. The zero-order valence-electron chi connectivity index (χ0n) is 28.9. The molecule has 0 aromatic heterocycles. The Hall–Kier alpha value is -1.25. The molecule has 1 fully saturated rings. The number of allylic oxidation sites excluding steroid dienone is 3. The van der Waals surface area contributed by atoms with Crippen LogP contribution in [0.25, 0.3) is 0 Å². The maximum absolute atomic E-state index is 7.06. The number of ether oxygens (including phenoxy) is 3. The summed E-state index contributed by atoms with van der Waals surface area (Å²) in [7, 11) is 1.70. The topological polar surface area (TPSA) is 36.9 Å². The number of benzene rings is 1.